The lowest BCUT2D eigenvalue weighted by Crippen LogP contribution is -2.52. The second kappa shape index (κ2) is 9.34. The summed E-state index contributed by atoms with van der Waals surface area (Å²) in [5.41, 5.74) is 2.81. The maximum Gasteiger partial charge on any atom is 0.328 e. The molecule has 1 aromatic rings. The summed E-state index contributed by atoms with van der Waals surface area (Å²) < 4.78 is 1.24. The van der Waals surface area contributed by atoms with Crippen LogP contribution in [-0.4, -0.2) is 22.3 Å². The maximum atomic E-state index is 11.0. The number of fused-ring (bicyclic) bond motifs is 1. The van der Waals surface area contributed by atoms with Crippen LogP contribution in [0.25, 0.3) is 0 Å². The Morgan fingerprint density at radius 3 is 2.62 bits per heavy atom. The van der Waals surface area contributed by atoms with Crippen LogP contribution in [0.3, 0.4) is 0 Å². The Balaban J connectivity index is 1.78. The van der Waals surface area contributed by atoms with Crippen LogP contribution in [0.1, 0.15) is 52.0 Å². The average molecular weight is 508 g/mol. The number of aliphatic hydroxyl groups is 1. The van der Waals surface area contributed by atoms with Crippen molar-refractivity contribution in [2.45, 2.75) is 59.0 Å². The van der Waals surface area contributed by atoms with Gasteiger partial charge in [-0.15, -0.1) is 0 Å². The van der Waals surface area contributed by atoms with Gasteiger partial charge in [0.25, 0.3) is 0 Å². The highest BCUT2D eigenvalue weighted by Crippen LogP contribution is 2.58. The van der Waals surface area contributed by atoms with Crippen molar-refractivity contribution >= 4 is 28.6 Å². The molecule has 0 unspecified atom stereocenters. The predicted octanol–water partition coefficient (Wildman–Crippen LogP) is 5.86. The SMILES string of the molecule is C/C(=C\C=C\C(=O)O)[C@@H]1CC[C@@H]2[C@H](Cc3ccc(I)cc3)[C@@H](O)C[C@@H](C)[C@]2(C)C1. The molecule has 158 valence electrons. The van der Waals surface area contributed by atoms with Gasteiger partial charge in [-0.1, -0.05) is 43.7 Å². The molecule has 1 aromatic carbocycles. The molecule has 0 radical (unpaired) electrons. The van der Waals surface area contributed by atoms with E-state index in [4.69, 9.17) is 5.11 Å². The summed E-state index contributed by atoms with van der Waals surface area (Å²) in [6.07, 6.45) is 9.79. The molecule has 2 N–H and O–H groups in total. The zero-order valence-corrected chi connectivity index (χ0v) is 19.8. The Bertz CT molecular complexity index is 782. The lowest BCUT2D eigenvalue weighted by Gasteiger charge is -2.56. The molecule has 0 bridgehead atoms. The molecule has 3 nitrogen and oxygen atoms in total. The Morgan fingerprint density at radius 2 is 1.97 bits per heavy atom. The minimum absolute atomic E-state index is 0.210. The van der Waals surface area contributed by atoms with Crippen molar-refractivity contribution in [2.75, 3.05) is 0 Å². The third-order valence-electron chi connectivity index (χ3n) is 7.72. The number of carbonyl (C=O) groups is 1. The number of halogens is 1. The van der Waals surface area contributed by atoms with Crippen molar-refractivity contribution in [3.63, 3.8) is 0 Å². The Kier molecular flexibility index (Phi) is 7.26. The lowest BCUT2D eigenvalue weighted by atomic mass is 9.49. The van der Waals surface area contributed by atoms with Gasteiger partial charge in [-0.3, -0.25) is 0 Å². The van der Waals surface area contributed by atoms with Gasteiger partial charge in [-0.2, -0.15) is 0 Å². The molecule has 0 aromatic heterocycles. The first-order valence-electron chi connectivity index (χ1n) is 10.7. The minimum atomic E-state index is -0.905. The minimum Gasteiger partial charge on any atom is -0.478 e. The Morgan fingerprint density at radius 1 is 1.28 bits per heavy atom. The molecule has 0 spiro atoms. The van der Waals surface area contributed by atoms with Gasteiger partial charge in [-0.25, -0.2) is 4.79 Å². The predicted molar refractivity (Wildman–Crippen MR) is 126 cm³/mol. The molecule has 29 heavy (non-hydrogen) atoms. The smallest absolute Gasteiger partial charge is 0.328 e. The molecule has 2 aliphatic rings. The number of allylic oxidation sites excluding steroid dienone is 3. The summed E-state index contributed by atoms with van der Waals surface area (Å²) in [6, 6.07) is 8.72. The number of hydrogen-bond acceptors (Lipinski definition) is 2. The molecule has 2 aliphatic carbocycles. The van der Waals surface area contributed by atoms with Gasteiger partial charge in [0.2, 0.25) is 0 Å². The van der Waals surface area contributed by atoms with Crippen LogP contribution >= 0.6 is 22.6 Å². The largest absolute Gasteiger partial charge is 0.478 e. The summed E-state index contributed by atoms with van der Waals surface area (Å²) in [5, 5.41) is 19.8. The Labute approximate surface area is 188 Å². The summed E-state index contributed by atoms with van der Waals surface area (Å²) >= 11 is 2.34. The monoisotopic (exact) mass is 508 g/mol. The third-order valence-corrected chi connectivity index (χ3v) is 8.44. The van der Waals surface area contributed by atoms with Crippen LogP contribution in [0.2, 0.25) is 0 Å². The van der Waals surface area contributed by atoms with Gasteiger partial charge in [-0.05, 0) is 108 Å². The van der Waals surface area contributed by atoms with Crippen LogP contribution in [0, 0.1) is 32.7 Å². The average Bonchev–Trinajstić information content (AvgIpc) is 2.66. The summed E-state index contributed by atoms with van der Waals surface area (Å²) in [5.74, 6) is 0.914. The summed E-state index contributed by atoms with van der Waals surface area (Å²) in [4.78, 5) is 10.7. The van der Waals surface area contributed by atoms with Crippen LogP contribution in [0.4, 0.5) is 0 Å². The number of hydrogen-bond donors (Lipinski definition) is 2. The molecule has 0 amide bonds. The first kappa shape index (κ1) is 22.5. The van der Waals surface area contributed by atoms with Crippen LogP contribution in [0.5, 0.6) is 0 Å². The summed E-state index contributed by atoms with van der Waals surface area (Å²) in [7, 11) is 0. The van der Waals surface area contributed by atoms with E-state index in [0.717, 1.165) is 32.1 Å². The van der Waals surface area contributed by atoms with E-state index >= 15 is 0 Å². The van der Waals surface area contributed by atoms with Gasteiger partial charge < -0.3 is 10.2 Å². The lowest BCUT2D eigenvalue weighted by molar-refractivity contribution is -0.131. The molecule has 2 fully saturated rings. The number of rotatable bonds is 5. The van der Waals surface area contributed by atoms with Crippen LogP contribution in [0.15, 0.2) is 48.1 Å². The number of aliphatic hydroxyl groups excluding tert-OH is 1. The highest BCUT2D eigenvalue weighted by molar-refractivity contribution is 14.1. The fourth-order valence-electron chi connectivity index (χ4n) is 5.82. The number of aliphatic carboxylic acids is 1. The molecule has 2 saturated carbocycles. The zero-order valence-electron chi connectivity index (χ0n) is 17.6. The van der Waals surface area contributed by atoms with Gasteiger partial charge in [0.1, 0.15) is 0 Å². The normalized spacial score (nSPS) is 35.5. The molecule has 0 heterocycles. The van der Waals surface area contributed by atoms with E-state index in [0.29, 0.717) is 23.7 Å². The van der Waals surface area contributed by atoms with Crippen LogP contribution < -0.4 is 0 Å². The van der Waals surface area contributed by atoms with Crippen molar-refractivity contribution in [1.29, 1.82) is 0 Å². The quantitative estimate of drug-likeness (QED) is 0.298. The van der Waals surface area contributed by atoms with Gasteiger partial charge in [0, 0.05) is 9.65 Å². The summed E-state index contributed by atoms with van der Waals surface area (Å²) in [6.45, 7) is 6.87. The first-order chi connectivity index (χ1) is 13.7. The standard InChI is InChI=1S/C25H33IO3/c1-16(5-4-6-24(28)29)19-9-12-22-21(14-18-7-10-20(26)11-8-18)23(27)13-17(2)25(22,3)15-19/h4-8,10-11,17,19,21-23,27H,9,12-15H2,1-3H3,(H,28,29)/b6-4+,16-5+/t17-,19-,21+,22-,23+,25+/m1/s1. The highest BCUT2D eigenvalue weighted by Gasteiger charge is 2.52. The van der Waals surface area contributed by atoms with E-state index in [-0.39, 0.29) is 11.5 Å². The van der Waals surface area contributed by atoms with E-state index < -0.39 is 5.97 Å². The number of carboxylic acids is 1. The molecule has 0 saturated heterocycles. The molecule has 0 aliphatic heterocycles. The van der Waals surface area contributed by atoms with Gasteiger partial charge >= 0.3 is 5.97 Å². The molecular weight excluding hydrogens is 475 g/mol. The van der Waals surface area contributed by atoms with E-state index in [1.54, 1.807) is 6.08 Å². The molecule has 6 atom stereocenters. The fourth-order valence-corrected chi connectivity index (χ4v) is 6.18. The Hall–Kier alpha value is -1.14. The number of benzene rings is 1. The molecule has 4 heteroatoms. The zero-order chi connectivity index (χ0) is 21.2. The van der Waals surface area contributed by atoms with Gasteiger partial charge in [0.05, 0.1) is 6.10 Å². The van der Waals surface area contributed by atoms with Crippen LogP contribution in [-0.2, 0) is 11.2 Å². The van der Waals surface area contributed by atoms with E-state index in [1.807, 2.05) is 6.08 Å². The highest BCUT2D eigenvalue weighted by atomic mass is 127. The van der Waals surface area contributed by atoms with Gasteiger partial charge in [0.15, 0.2) is 0 Å². The number of carboxylic acid groups (broad SMARTS) is 1. The van der Waals surface area contributed by atoms with E-state index in [2.05, 4.69) is 67.6 Å². The van der Waals surface area contributed by atoms with Crippen molar-refractivity contribution in [1.82, 2.24) is 0 Å². The van der Waals surface area contributed by atoms with Crippen molar-refractivity contribution in [2.24, 2.45) is 29.1 Å². The van der Waals surface area contributed by atoms with Crippen molar-refractivity contribution in [3.8, 4) is 0 Å². The van der Waals surface area contributed by atoms with Crippen molar-refractivity contribution in [3.05, 3.63) is 57.2 Å². The van der Waals surface area contributed by atoms with Crippen molar-refractivity contribution < 1.29 is 15.0 Å². The second-order valence-corrected chi connectivity index (χ2v) is 10.6. The van der Waals surface area contributed by atoms with E-state index in [1.165, 1.54) is 20.8 Å². The maximum absolute atomic E-state index is 11.0. The van der Waals surface area contributed by atoms with E-state index in [9.17, 15) is 9.90 Å². The first-order valence-corrected chi connectivity index (χ1v) is 11.8. The molecule has 3 rings (SSSR count). The third kappa shape index (κ3) is 5.13. The molecular formula is C25H33IO3. The fraction of sp³-hybridized carbons (Fsp3) is 0.560. The topological polar surface area (TPSA) is 57.5 Å². The second-order valence-electron chi connectivity index (χ2n) is 9.40.